The summed E-state index contributed by atoms with van der Waals surface area (Å²) in [4.78, 5) is 25.2. The van der Waals surface area contributed by atoms with Crippen molar-refractivity contribution in [3.05, 3.63) is 12.7 Å². The lowest BCUT2D eigenvalue weighted by Gasteiger charge is -2.41. The maximum Gasteiger partial charge on any atom is 0.338 e. The number of piperazine rings is 1. The minimum atomic E-state index is -0.430. The van der Waals surface area contributed by atoms with Gasteiger partial charge in [0, 0.05) is 19.2 Å². The maximum atomic E-state index is 11.8. The van der Waals surface area contributed by atoms with Crippen molar-refractivity contribution in [3.8, 4) is 0 Å². The van der Waals surface area contributed by atoms with E-state index in [-0.39, 0.29) is 29.3 Å². The van der Waals surface area contributed by atoms with E-state index >= 15 is 0 Å². The smallest absolute Gasteiger partial charge is 0.338 e. The van der Waals surface area contributed by atoms with E-state index in [9.17, 15) is 9.59 Å². The predicted octanol–water partition coefficient (Wildman–Crippen LogP) is -3.66. The quantitative estimate of drug-likeness (QED) is 0.419. The first kappa shape index (κ1) is 16.1. The van der Waals surface area contributed by atoms with Gasteiger partial charge in [0.2, 0.25) is 0 Å². The van der Waals surface area contributed by atoms with E-state index in [0.717, 1.165) is 19.6 Å². The van der Waals surface area contributed by atoms with Gasteiger partial charge in [-0.3, -0.25) is 9.69 Å². The van der Waals surface area contributed by atoms with Crippen molar-refractivity contribution in [1.82, 2.24) is 4.90 Å². The van der Waals surface area contributed by atoms with E-state index in [4.69, 9.17) is 5.73 Å². The number of primary amides is 1. The highest BCUT2D eigenvalue weighted by Gasteiger charge is 2.39. The van der Waals surface area contributed by atoms with Crippen molar-refractivity contribution in [3.63, 3.8) is 0 Å². The molecule has 1 aliphatic rings. The van der Waals surface area contributed by atoms with Gasteiger partial charge in [-0.2, -0.15) is 0 Å². The summed E-state index contributed by atoms with van der Waals surface area (Å²) in [5.41, 5.74) is 5.21. The average molecular weight is 262 g/mol. The molecule has 1 rings (SSSR count). The summed E-state index contributed by atoms with van der Waals surface area (Å²) in [7, 11) is 0. The van der Waals surface area contributed by atoms with Gasteiger partial charge < -0.3 is 18.1 Å². The Balaban J connectivity index is 0.00000256. The SMILES string of the molecule is C=CC(=O)[N+]1(CC(N)=O)CCN(CC)CC1.[Cl-]. The molecule has 0 unspecified atom stereocenters. The van der Waals surface area contributed by atoms with Crippen LogP contribution in [0, 0.1) is 0 Å². The third-order valence-corrected chi connectivity index (χ3v) is 3.24. The fourth-order valence-corrected chi connectivity index (χ4v) is 2.15. The molecule has 98 valence electrons. The van der Waals surface area contributed by atoms with Crippen molar-refractivity contribution in [2.24, 2.45) is 5.73 Å². The molecule has 0 spiro atoms. The minimum absolute atomic E-state index is 0. The van der Waals surface area contributed by atoms with Crippen molar-refractivity contribution in [2.45, 2.75) is 6.92 Å². The van der Waals surface area contributed by atoms with Gasteiger partial charge in [0.15, 0.2) is 6.54 Å². The molecule has 0 aromatic heterocycles. The molecule has 1 saturated heterocycles. The normalized spacial score (nSPS) is 19.1. The Morgan fingerprint density at radius 1 is 1.41 bits per heavy atom. The van der Waals surface area contributed by atoms with Crippen LogP contribution in [-0.4, -0.2) is 60.5 Å². The Hall–Kier alpha value is -0.910. The monoisotopic (exact) mass is 261 g/mol. The fourth-order valence-electron chi connectivity index (χ4n) is 2.15. The Labute approximate surface area is 108 Å². The Morgan fingerprint density at radius 2 is 1.94 bits per heavy atom. The summed E-state index contributed by atoms with van der Waals surface area (Å²) in [6.45, 7) is 9.57. The number of nitrogens with two attached hydrogens (primary N) is 1. The molecule has 0 atom stereocenters. The molecule has 1 aliphatic heterocycles. The summed E-state index contributed by atoms with van der Waals surface area (Å²) in [6, 6.07) is 0. The number of hydrogen-bond donors (Lipinski definition) is 1. The molecule has 0 aromatic carbocycles. The maximum absolute atomic E-state index is 11.8. The van der Waals surface area contributed by atoms with Crippen molar-refractivity contribution in [2.75, 3.05) is 39.3 Å². The van der Waals surface area contributed by atoms with E-state index < -0.39 is 5.91 Å². The predicted molar refractivity (Wildman–Crippen MR) is 61.4 cm³/mol. The van der Waals surface area contributed by atoms with Gasteiger partial charge in [-0.05, 0) is 6.54 Å². The number of halogens is 1. The van der Waals surface area contributed by atoms with Crippen molar-refractivity contribution in [1.29, 1.82) is 0 Å². The zero-order chi connectivity index (χ0) is 12.2. The molecule has 0 aromatic rings. The van der Waals surface area contributed by atoms with Crippen LogP contribution in [0.5, 0.6) is 0 Å². The van der Waals surface area contributed by atoms with Gasteiger partial charge >= 0.3 is 5.91 Å². The molecule has 2 amide bonds. The van der Waals surface area contributed by atoms with Gasteiger partial charge in [0.05, 0.1) is 13.1 Å². The lowest BCUT2D eigenvalue weighted by Crippen LogP contribution is -3.00. The third kappa shape index (κ3) is 3.80. The number of rotatable bonds is 4. The standard InChI is InChI=1S/C11H19N3O2.ClH/c1-3-11(16)14(9-10(12)15)7-5-13(4-2)6-8-14;/h3H,1,4-9H2,2H3,(H-,12,15);1H. The molecule has 1 heterocycles. The molecule has 0 aliphatic carbocycles. The molecule has 1 fully saturated rings. The zero-order valence-corrected chi connectivity index (χ0v) is 10.9. The Bertz CT molecular complexity index is 299. The molecule has 0 saturated carbocycles. The number of amides is 2. The van der Waals surface area contributed by atoms with Crippen LogP contribution in [-0.2, 0) is 9.59 Å². The van der Waals surface area contributed by atoms with E-state index in [1.54, 1.807) is 0 Å². The van der Waals surface area contributed by atoms with Crippen LogP contribution >= 0.6 is 0 Å². The summed E-state index contributed by atoms with van der Waals surface area (Å²) >= 11 is 0. The number of carbonyl (C=O) groups excluding carboxylic acids is 2. The van der Waals surface area contributed by atoms with Crippen LogP contribution < -0.4 is 18.1 Å². The van der Waals surface area contributed by atoms with Crippen LogP contribution in [0.4, 0.5) is 0 Å². The highest BCUT2D eigenvalue weighted by Crippen LogP contribution is 2.14. The topological polar surface area (TPSA) is 63.4 Å². The highest BCUT2D eigenvalue weighted by molar-refractivity contribution is 5.84. The van der Waals surface area contributed by atoms with Gasteiger partial charge in [0.25, 0.3) is 5.91 Å². The lowest BCUT2D eigenvalue weighted by atomic mass is 10.2. The molecular weight excluding hydrogens is 242 g/mol. The van der Waals surface area contributed by atoms with Gasteiger partial charge in [-0.25, -0.2) is 9.28 Å². The summed E-state index contributed by atoms with van der Waals surface area (Å²) in [5.74, 6) is -0.533. The molecule has 0 bridgehead atoms. The molecule has 6 heteroatoms. The van der Waals surface area contributed by atoms with Crippen LogP contribution in [0.25, 0.3) is 0 Å². The summed E-state index contributed by atoms with van der Waals surface area (Å²) < 4.78 is 0.134. The Kier molecular flexibility index (Phi) is 6.37. The average Bonchev–Trinajstić information content (AvgIpc) is 2.28. The number of carbonyl (C=O) groups is 2. The van der Waals surface area contributed by atoms with Gasteiger partial charge in [0.1, 0.15) is 0 Å². The minimum Gasteiger partial charge on any atom is -1.00 e. The first-order valence-corrected chi connectivity index (χ1v) is 5.58. The fraction of sp³-hybridized carbons (Fsp3) is 0.636. The van der Waals surface area contributed by atoms with Crippen LogP contribution in [0.1, 0.15) is 6.92 Å². The van der Waals surface area contributed by atoms with Crippen molar-refractivity contribution < 1.29 is 26.5 Å². The number of hydrogen-bond acceptors (Lipinski definition) is 3. The first-order chi connectivity index (χ1) is 7.54. The molecule has 5 nitrogen and oxygen atoms in total. The highest BCUT2D eigenvalue weighted by atomic mass is 35.5. The second kappa shape index (κ2) is 6.74. The molecular formula is C11H20ClN3O2. The van der Waals surface area contributed by atoms with Crippen LogP contribution in [0.2, 0.25) is 0 Å². The number of quaternary nitrogens is 1. The second-order valence-corrected chi connectivity index (χ2v) is 4.19. The lowest BCUT2D eigenvalue weighted by molar-refractivity contribution is -0.849. The number of nitrogens with zero attached hydrogens (tertiary/aromatic N) is 2. The van der Waals surface area contributed by atoms with Gasteiger partial charge in [-0.1, -0.05) is 13.5 Å². The zero-order valence-electron chi connectivity index (χ0n) is 10.2. The summed E-state index contributed by atoms with van der Waals surface area (Å²) in [5, 5.41) is 0. The number of likely N-dealkylation sites (N-methyl/N-ethyl adjacent to an activating group) is 1. The molecule has 2 N–H and O–H groups in total. The first-order valence-electron chi connectivity index (χ1n) is 5.58. The van der Waals surface area contributed by atoms with E-state index in [1.165, 1.54) is 6.08 Å². The van der Waals surface area contributed by atoms with Crippen LogP contribution in [0.15, 0.2) is 12.7 Å². The Morgan fingerprint density at radius 3 is 2.29 bits per heavy atom. The largest absolute Gasteiger partial charge is 1.00 e. The van der Waals surface area contributed by atoms with Gasteiger partial charge in [-0.15, -0.1) is 0 Å². The van der Waals surface area contributed by atoms with Crippen LogP contribution in [0.3, 0.4) is 0 Å². The van der Waals surface area contributed by atoms with E-state index in [1.807, 2.05) is 0 Å². The summed E-state index contributed by atoms with van der Waals surface area (Å²) in [6.07, 6.45) is 1.30. The van der Waals surface area contributed by atoms with E-state index in [2.05, 4.69) is 18.4 Å². The van der Waals surface area contributed by atoms with Crippen molar-refractivity contribution >= 4 is 11.8 Å². The van der Waals surface area contributed by atoms with E-state index in [0.29, 0.717) is 13.1 Å². The molecule has 0 radical (unpaired) electrons. The second-order valence-electron chi connectivity index (χ2n) is 4.19. The third-order valence-electron chi connectivity index (χ3n) is 3.24. The molecule has 17 heavy (non-hydrogen) atoms.